The van der Waals surface area contributed by atoms with Gasteiger partial charge in [-0.15, -0.1) is 0 Å². The fourth-order valence-electron chi connectivity index (χ4n) is 2.36. The molecule has 0 radical (unpaired) electrons. The van der Waals surface area contributed by atoms with Crippen LogP contribution in [0, 0.1) is 5.41 Å². The van der Waals surface area contributed by atoms with Crippen molar-refractivity contribution < 1.29 is 19.8 Å². The molecule has 0 aromatic rings. The van der Waals surface area contributed by atoms with Gasteiger partial charge in [-0.25, -0.2) is 4.79 Å². The number of aliphatic carboxylic acids is 2. The van der Waals surface area contributed by atoms with E-state index in [4.69, 9.17) is 5.73 Å². The lowest BCUT2D eigenvalue weighted by Crippen LogP contribution is -2.49. The Kier molecular flexibility index (Phi) is 4.73. The highest BCUT2D eigenvalue weighted by atomic mass is 16.4. The second-order valence-electron chi connectivity index (χ2n) is 5.63. The zero-order valence-electron chi connectivity index (χ0n) is 12.3. The number of nitrogens with two attached hydrogens (primary N) is 1. The van der Waals surface area contributed by atoms with E-state index in [0.29, 0.717) is 18.5 Å². The van der Waals surface area contributed by atoms with Crippen LogP contribution in [-0.4, -0.2) is 53.7 Å². The highest BCUT2D eigenvalue weighted by Gasteiger charge is 2.45. The average molecular weight is 282 g/mol. The smallest absolute Gasteiger partial charge is 0.333 e. The second-order valence-corrected chi connectivity index (χ2v) is 5.63. The van der Waals surface area contributed by atoms with Crippen LogP contribution >= 0.6 is 0 Å². The van der Waals surface area contributed by atoms with E-state index >= 15 is 0 Å². The molecule has 0 spiro atoms. The third kappa shape index (κ3) is 2.91. The maximum atomic E-state index is 11.5. The number of carboxylic acid groups (broad SMARTS) is 2. The molecule has 0 aromatic heterocycles. The summed E-state index contributed by atoms with van der Waals surface area (Å²) in [6.07, 6.45) is 2.19. The number of hydrogen-bond acceptors (Lipinski definition) is 4. The van der Waals surface area contributed by atoms with E-state index in [1.54, 1.807) is 13.0 Å². The van der Waals surface area contributed by atoms with Gasteiger partial charge in [-0.1, -0.05) is 6.08 Å². The van der Waals surface area contributed by atoms with Gasteiger partial charge < -0.3 is 20.8 Å². The first kappa shape index (κ1) is 16.4. The molecule has 20 heavy (non-hydrogen) atoms. The fourth-order valence-corrected chi connectivity index (χ4v) is 2.36. The van der Waals surface area contributed by atoms with Gasteiger partial charge in [0.05, 0.1) is 11.6 Å². The molecule has 0 aromatic carbocycles. The molecule has 2 atom stereocenters. The number of rotatable bonds is 5. The molecule has 0 fully saturated rings. The van der Waals surface area contributed by atoms with Crippen LogP contribution in [0.1, 0.15) is 20.3 Å². The lowest BCUT2D eigenvalue weighted by molar-refractivity contribution is -0.146. The maximum Gasteiger partial charge on any atom is 0.333 e. The molecule has 0 amide bonds. The van der Waals surface area contributed by atoms with Gasteiger partial charge in [-0.2, -0.15) is 0 Å². The Balaban J connectivity index is 3.30. The van der Waals surface area contributed by atoms with E-state index in [9.17, 15) is 19.8 Å². The average Bonchev–Trinajstić information content (AvgIpc) is 2.31. The Morgan fingerprint density at radius 2 is 1.95 bits per heavy atom. The zero-order chi connectivity index (χ0) is 15.7. The number of hydrogen-bond donors (Lipinski definition) is 3. The lowest BCUT2D eigenvalue weighted by atomic mass is 9.71. The first-order valence-corrected chi connectivity index (χ1v) is 6.41. The van der Waals surface area contributed by atoms with Gasteiger partial charge in [-0.05, 0) is 45.5 Å². The number of allylic oxidation sites excluding steroid dienone is 1. The quantitative estimate of drug-likeness (QED) is 0.685. The van der Waals surface area contributed by atoms with Crippen LogP contribution < -0.4 is 5.73 Å². The summed E-state index contributed by atoms with van der Waals surface area (Å²) in [5.74, 6) is -2.27. The van der Waals surface area contributed by atoms with E-state index in [2.05, 4.69) is 0 Å². The molecule has 1 aliphatic rings. The largest absolute Gasteiger partial charge is 0.481 e. The summed E-state index contributed by atoms with van der Waals surface area (Å²) >= 11 is 0. The first-order chi connectivity index (χ1) is 9.11. The van der Waals surface area contributed by atoms with Gasteiger partial charge in [0.15, 0.2) is 0 Å². The molecule has 0 heterocycles. The Morgan fingerprint density at radius 1 is 1.40 bits per heavy atom. The van der Waals surface area contributed by atoms with Crippen molar-refractivity contribution in [2.24, 2.45) is 11.1 Å². The third-order valence-corrected chi connectivity index (χ3v) is 3.84. The van der Waals surface area contributed by atoms with Crippen LogP contribution in [0.15, 0.2) is 22.8 Å². The van der Waals surface area contributed by atoms with Gasteiger partial charge in [0, 0.05) is 6.54 Å². The molecule has 0 saturated carbocycles. The van der Waals surface area contributed by atoms with Gasteiger partial charge >= 0.3 is 11.9 Å². The molecule has 4 N–H and O–H groups in total. The predicted molar refractivity (Wildman–Crippen MR) is 75.3 cm³/mol. The molecule has 1 aliphatic carbocycles. The number of carbonyl (C=O) groups is 2. The van der Waals surface area contributed by atoms with Crippen molar-refractivity contribution >= 4 is 11.9 Å². The number of carboxylic acids is 2. The van der Waals surface area contributed by atoms with Gasteiger partial charge in [0.2, 0.25) is 0 Å². The molecule has 0 aliphatic heterocycles. The predicted octanol–water partition coefficient (Wildman–Crippen LogP) is 0.697. The van der Waals surface area contributed by atoms with E-state index in [1.165, 1.54) is 6.92 Å². The van der Waals surface area contributed by atoms with Crippen LogP contribution in [0.4, 0.5) is 0 Å². The summed E-state index contributed by atoms with van der Waals surface area (Å²) in [6.45, 7) is 3.86. The summed E-state index contributed by atoms with van der Waals surface area (Å²) in [7, 11) is 3.81. The molecular formula is C14H22N2O4. The third-order valence-electron chi connectivity index (χ3n) is 3.84. The molecular weight excluding hydrogens is 260 g/mol. The van der Waals surface area contributed by atoms with Gasteiger partial charge in [-0.3, -0.25) is 4.79 Å². The summed E-state index contributed by atoms with van der Waals surface area (Å²) < 4.78 is 0. The maximum absolute atomic E-state index is 11.5. The standard InChI is InChI=1S/C14H22N2O4/c1-8-9(5-6-16(3)4)7-14(2,13(19)20)11(15)10(8)12(17)18/h7,11H,5-6,15H2,1-4H3,(H,17,18)(H,19,20). The summed E-state index contributed by atoms with van der Waals surface area (Å²) in [4.78, 5) is 24.9. The zero-order valence-corrected chi connectivity index (χ0v) is 12.3. The van der Waals surface area contributed by atoms with Crippen molar-refractivity contribution in [2.75, 3.05) is 20.6 Å². The fraction of sp³-hybridized carbons (Fsp3) is 0.571. The van der Waals surface area contributed by atoms with Crippen molar-refractivity contribution in [1.29, 1.82) is 0 Å². The summed E-state index contributed by atoms with van der Waals surface area (Å²) in [5, 5.41) is 18.7. The SMILES string of the molecule is CC1=C(C(=O)O)C(N)C(C)(C(=O)O)C=C1CCN(C)C. The van der Waals surface area contributed by atoms with Crippen LogP contribution in [0.3, 0.4) is 0 Å². The minimum Gasteiger partial charge on any atom is -0.481 e. The highest BCUT2D eigenvalue weighted by Crippen LogP contribution is 2.38. The molecule has 0 saturated heterocycles. The van der Waals surface area contributed by atoms with E-state index in [1.807, 2.05) is 19.0 Å². The van der Waals surface area contributed by atoms with Crippen LogP contribution in [0.5, 0.6) is 0 Å². The topological polar surface area (TPSA) is 104 Å². The van der Waals surface area contributed by atoms with Crippen molar-refractivity contribution in [3.05, 3.63) is 22.8 Å². The van der Waals surface area contributed by atoms with Gasteiger partial charge in [0.25, 0.3) is 0 Å². The molecule has 112 valence electrons. The van der Waals surface area contributed by atoms with Crippen LogP contribution in [-0.2, 0) is 9.59 Å². The first-order valence-electron chi connectivity index (χ1n) is 6.41. The second kappa shape index (κ2) is 5.76. The minimum atomic E-state index is -1.39. The monoisotopic (exact) mass is 282 g/mol. The Morgan fingerprint density at radius 3 is 2.35 bits per heavy atom. The van der Waals surface area contributed by atoms with Gasteiger partial charge in [0.1, 0.15) is 5.41 Å². The van der Waals surface area contributed by atoms with Crippen molar-refractivity contribution in [1.82, 2.24) is 4.90 Å². The molecule has 1 rings (SSSR count). The van der Waals surface area contributed by atoms with E-state index in [-0.39, 0.29) is 5.57 Å². The normalized spacial score (nSPS) is 26.7. The Hall–Kier alpha value is -1.66. The van der Waals surface area contributed by atoms with E-state index < -0.39 is 23.4 Å². The van der Waals surface area contributed by atoms with Crippen molar-refractivity contribution in [3.8, 4) is 0 Å². The highest BCUT2D eigenvalue weighted by molar-refractivity contribution is 5.94. The summed E-state index contributed by atoms with van der Waals surface area (Å²) in [6, 6.07) is -1.05. The number of nitrogens with zero attached hydrogens (tertiary/aromatic N) is 1. The Bertz CT molecular complexity index is 493. The lowest BCUT2D eigenvalue weighted by Gasteiger charge is -2.35. The van der Waals surface area contributed by atoms with Crippen molar-refractivity contribution in [3.63, 3.8) is 0 Å². The van der Waals surface area contributed by atoms with E-state index in [0.717, 1.165) is 5.57 Å². The Labute approximate surface area is 118 Å². The van der Waals surface area contributed by atoms with Crippen molar-refractivity contribution in [2.45, 2.75) is 26.3 Å². The summed E-state index contributed by atoms with van der Waals surface area (Å²) in [5.41, 5.74) is 5.80. The van der Waals surface area contributed by atoms with Crippen LogP contribution in [0.2, 0.25) is 0 Å². The molecule has 6 heteroatoms. The molecule has 6 nitrogen and oxygen atoms in total. The minimum absolute atomic E-state index is 0.00819. The van der Waals surface area contributed by atoms with Crippen LogP contribution in [0.25, 0.3) is 0 Å². The molecule has 0 bridgehead atoms. The molecule has 2 unspecified atom stereocenters.